The van der Waals surface area contributed by atoms with Crippen LogP contribution in [-0.4, -0.2) is 34.3 Å². The van der Waals surface area contributed by atoms with Gasteiger partial charge in [0.25, 0.3) is 0 Å². The van der Waals surface area contributed by atoms with Gasteiger partial charge in [-0.05, 0) is 32.6 Å². The van der Waals surface area contributed by atoms with Crippen molar-refractivity contribution in [2.75, 3.05) is 0 Å². The molecule has 2 rings (SSSR count). The molecule has 0 aromatic carbocycles. The first-order valence-electron chi connectivity index (χ1n) is 6.00. The van der Waals surface area contributed by atoms with Crippen LogP contribution >= 0.6 is 0 Å². The molecule has 0 bridgehead atoms. The van der Waals surface area contributed by atoms with Gasteiger partial charge in [0.15, 0.2) is 0 Å². The van der Waals surface area contributed by atoms with Crippen molar-refractivity contribution in [3.05, 3.63) is 0 Å². The number of hydrogen-bond acceptors (Lipinski definition) is 2. The average molecular weight is 224 g/mol. The van der Waals surface area contributed by atoms with Gasteiger partial charge in [0.1, 0.15) is 12.1 Å². The molecule has 2 fully saturated rings. The third-order valence-corrected chi connectivity index (χ3v) is 3.70. The molecule has 2 aliphatic rings. The highest BCUT2D eigenvalue weighted by Crippen LogP contribution is 2.44. The van der Waals surface area contributed by atoms with E-state index in [-0.39, 0.29) is 35.4 Å². The van der Waals surface area contributed by atoms with E-state index >= 15 is 0 Å². The predicted molar refractivity (Wildman–Crippen MR) is 60.7 cm³/mol. The number of hydrogen-bond donors (Lipinski definition) is 1. The highest BCUT2D eigenvalue weighted by molar-refractivity contribution is 5.97. The van der Waals surface area contributed by atoms with Gasteiger partial charge in [-0.2, -0.15) is 0 Å². The zero-order chi connectivity index (χ0) is 12.1. The summed E-state index contributed by atoms with van der Waals surface area (Å²) in [5, 5.41) is 2.76. The number of carbonyl (C=O) groups is 2. The lowest BCUT2D eigenvalue weighted by Gasteiger charge is -2.43. The smallest absolute Gasteiger partial charge is 0.246 e. The average Bonchev–Trinajstić information content (AvgIpc) is 2.89. The fourth-order valence-electron chi connectivity index (χ4n) is 2.45. The molecule has 1 N–H and O–H groups in total. The number of rotatable bonds is 2. The van der Waals surface area contributed by atoms with Crippen molar-refractivity contribution < 1.29 is 9.59 Å². The fraction of sp³-hybridized carbons (Fsp3) is 0.833. The molecule has 4 nitrogen and oxygen atoms in total. The minimum atomic E-state index is -0.375. The Morgan fingerprint density at radius 3 is 2.38 bits per heavy atom. The summed E-state index contributed by atoms with van der Waals surface area (Å²) in [5.74, 6) is 0.224. The monoisotopic (exact) mass is 224 g/mol. The van der Waals surface area contributed by atoms with Gasteiger partial charge in [-0.1, -0.05) is 13.8 Å². The second kappa shape index (κ2) is 3.47. The standard InChI is InChI=1S/C12H20N2O2/c1-7(2)9-10(15)13-8(3)11(16)14(9)12(4)5-6-12/h7-9H,5-6H2,1-4H3,(H,13,15). The van der Waals surface area contributed by atoms with Crippen LogP contribution in [0.15, 0.2) is 0 Å². The first-order valence-corrected chi connectivity index (χ1v) is 6.00. The Kier molecular flexibility index (Phi) is 2.48. The maximum atomic E-state index is 12.2. The van der Waals surface area contributed by atoms with E-state index in [2.05, 4.69) is 12.2 Å². The van der Waals surface area contributed by atoms with Crippen LogP contribution in [0, 0.1) is 5.92 Å². The van der Waals surface area contributed by atoms with Crippen molar-refractivity contribution in [2.45, 2.75) is 58.2 Å². The molecule has 0 spiro atoms. The van der Waals surface area contributed by atoms with Gasteiger partial charge < -0.3 is 10.2 Å². The van der Waals surface area contributed by atoms with E-state index in [4.69, 9.17) is 0 Å². The second-order valence-corrected chi connectivity index (χ2v) is 5.62. The molecule has 0 aromatic heterocycles. The second-order valence-electron chi connectivity index (χ2n) is 5.62. The lowest BCUT2D eigenvalue weighted by Crippen LogP contribution is -2.66. The fourth-order valence-corrected chi connectivity index (χ4v) is 2.45. The summed E-state index contributed by atoms with van der Waals surface area (Å²) in [6, 6.07) is -0.670. The first-order chi connectivity index (χ1) is 7.37. The van der Waals surface area contributed by atoms with Crippen molar-refractivity contribution >= 4 is 11.8 Å². The van der Waals surface area contributed by atoms with E-state index in [9.17, 15) is 9.59 Å². The van der Waals surface area contributed by atoms with Crippen LogP contribution < -0.4 is 5.32 Å². The Bertz CT molecular complexity index is 334. The van der Waals surface area contributed by atoms with Crippen LogP contribution in [0.2, 0.25) is 0 Å². The van der Waals surface area contributed by atoms with Crippen LogP contribution in [-0.2, 0) is 9.59 Å². The van der Waals surface area contributed by atoms with Crippen LogP contribution in [0.5, 0.6) is 0 Å². The van der Waals surface area contributed by atoms with Crippen LogP contribution in [0.25, 0.3) is 0 Å². The minimum absolute atomic E-state index is 0.00442. The van der Waals surface area contributed by atoms with E-state index in [0.29, 0.717) is 0 Å². The van der Waals surface area contributed by atoms with E-state index in [1.165, 1.54) is 0 Å². The molecule has 1 heterocycles. The Morgan fingerprint density at radius 1 is 1.38 bits per heavy atom. The molecule has 2 unspecified atom stereocenters. The summed E-state index contributed by atoms with van der Waals surface area (Å²) in [5.41, 5.74) is -0.0714. The number of nitrogens with zero attached hydrogens (tertiary/aromatic N) is 1. The highest BCUT2D eigenvalue weighted by atomic mass is 16.2. The lowest BCUT2D eigenvalue weighted by molar-refractivity contribution is -0.154. The van der Waals surface area contributed by atoms with Gasteiger partial charge in [0, 0.05) is 5.54 Å². The molecule has 1 saturated heterocycles. The molecule has 0 radical (unpaired) electrons. The van der Waals surface area contributed by atoms with Crippen molar-refractivity contribution in [3.8, 4) is 0 Å². The maximum Gasteiger partial charge on any atom is 0.246 e. The summed E-state index contributed by atoms with van der Waals surface area (Å²) in [6.45, 7) is 7.82. The van der Waals surface area contributed by atoms with E-state index in [1.807, 2.05) is 18.7 Å². The van der Waals surface area contributed by atoms with Gasteiger partial charge in [0.2, 0.25) is 11.8 Å². The minimum Gasteiger partial charge on any atom is -0.343 e. The molecule has 1 saturated carbocycles. The number of nitrogens with one attached hydrogen (secondary N) is 1. The number of piperazine rings is 1. The van der Waals surface area contributed by atoms with Crippen molar-refractivity contribution in [2.24, 2.45) is 5.92 Å². The van der Waals surface area contributed by atoms with E-state index in [0.717, 1.165) is 12.8 Å². The van der Waals surface area contributed by atoms with E-state index < -0.39 is 0 Å². The molecule has 1 aliphatic heterocycles. The molecule has 0 aromatic rings. The molecule has 90 valence electrons. The first kappa shape index (κ1) is 11.4. The maximum absolute atomic E-state index is 12.2. The normalized spacial score (nSPS) is 32.9. The van der Waals surface area contributed by atoms with Crippen molar-refractivity contribution in [3.63, 3.8) is 0 Å². The van der Waals surface area contributed by atoms with E-state index in [1.54, 1.807) is 6.92 Å². The molecule has 4 heteroatoms. The number of carbonyl (C=O) groups excluding carboxylic acids is 2. The Morgan fingerprint density at radius 2 is 1.94 bits per heavy atom. The van der Waals surface area contributed by atoms with Crippen molar-refractivity contribution in [1.29, 1.82) is 0 Å². The largest absolute Gasteiger partial charge is 0.343 e. The van der Waals surface area contributed by atoms with Gasteiger partial charge >= 0.3 is 0 Å². The summed E-state index contributed by atoms with van der Waals surface area (Å²) in [4.78, 5) is 26.0. The third kappa shape index (κ3) is 1.60. The van der Waals surface area contributed by atoms with Crippen molar-refractivity contribution in [1.82, 2.24) is 10.2 Å². The van der Waals surface area contributed by atoms with Crippen LogP contribution in [0.3, 0.4) is 0 Å². The molecule has 2 amide bonds. The summed E-state index contributed by atoms with van der Waals surface area (Å²) in [6.07, 6.45) is 2.03. The quantitative estimate of drug-likeness (QED) is 0.758. The molecule has 2 atom stereocenters. The summed E-state index contributed by atoms with van der Waals surface area (Å²) < 4.78 is 0. The van der Waals surface area contributed by atoms with Gasteiger partial charge in [0.05, 0.1) is 0 Å². The SMILES string of the molecule is CC1NC(=O)C(C(C)C)N(C2(C)CC2)C1=O. The lowest BCUT2D eigenvalue weighted by atomic mass is 9.95. The number of amides is 2. The van der Waals surface area contributed by atoms with Gasteiger partial charge in [-0.3, -0.25) is 9.59 Å². The predicted octanol–water partition coefficient (Wildman–Crippen LogP) is 0.910. The Hall–Kier alpha value is -1.06. The summed E-state index contributed by atoms with van der Waals surface area (Å²) in [7, 11) is 0. The molecule has 16 heavy (non-hydrogen) atoms. The van der Waals surface area contributed by atoms with Gasteiger partial charge in [-0.25, -0.2) is 0 Å². The summed E-state index contributed by atoms with van der Waals surface area (Å²) >= 11 is 0. The molecular formula is C12H20N2O2. The zero-order valence-electron chi connectivity index (χ0n) is 10.4. The Labute approximate surface area is 96.4 Å². The third-order valence-electron chi connectivity index (χ3n) is 3.70. The van der Waals surface area contributed by atoms with Crippen LogP contribution in [0.4, 0.5) is 0 Å². The zero-order valence-corrected chi connectivity index (χ0v) is 10.4. The highest BCUT2D eigenvalue weighted by Gasteiger charge is 2.54. The van der Waals surface area contributed by atoms with Crippen LogP contribution in [0.1, 0.15) is 40.5 Å². The topological polar surface area (TPSA) is 49.4 Å². The van der Waals surface area contributed by atoms with Gasteiger partial charge in [-0.15, -0.1) is 0 Å². The molecule has 1 aliphatic carbocycles. The Balaban J connectivity index is 2.32. The molecular weight excluding hydrogens is 204 g/mol.